The van der Waals surface area contributed by atoms with Crippen LogP contribution in [-0.4, -0.2) is 40.5 Å². The quantitative estimate of drug-likeness (QED) is 0.523. The third-order valence-electron chi connectivity index (χ3n) is 5.73. The summed E-state index contributed by atoms with van der Waals surface area (Å²) in [7, 11) is -2.17. The molecule has 9 heteroatoms. The molecule has 0 spiro atoms. The van der Waals surface area contributed by atoms with Gasteiger partial charge in [-0.15, -0.1) is 0 Å². The lowest BCUT2D eigenvalue weighted by molar-refractivity contribution is -0.121. The molecule has 3 atom stereocenters. The predicted molar refractivity (Wildman–Crippen MR) is 117 cm³/mol. The number of quaternary nitrogens is 1. The number of amides is 1. The third-order valence-corrected chi connectivity index (χ3v) is 7.48. The van der Waals surface area contributed by atoms with E-state index in [-0.39, 0.29) is 21.8 Å². The molecular formula is C21H24ClN4O3S+. The molecule has 1 aliphatic rings. The number of benzene rings is 2. The number of primary amides is 1. The third kappa shape index (κ3) is 3.94. The van der Waals surface area contributed by atoms with Gasteiger partial charge in [-0.25, -0.2) is 13.1 Å². The SMILES string of the molecule is CNS(=O)(=O)c1ccc(-c2ccc(Cl)c([N+]3(CC#N)C[C@@H](C)C[C@H]3C(N)=O)c2)cc1. The molecule has 7 nitrogen and oxygen atoms in total. The topological polar surface area (TPSA) is 113 Å². The van der Waals surface area contributed by atoms with Gasteiger partial charge in [0.1, 0.15) is 11.1 Å². The van der Waals surface area contributed by atoms with Crippen LogP contribution in [0.2, 0.25) is 5.02 Å². The average Bonchev–Trinajstić information content (AvgIpc) is 3.06. The molecule has 1 unspecified atom stereocenters. The number of halogens is 1. The van der Waals surface area contributed by atoms with Crippen LogP contribution in [0.1, 0.15) is 13.3 Å². The van der Waals surface area contributed by atoms with E-state index in [1.54, 1.807) is 18.2 Å². The number of hydrogen-bond acceptors (Lipinski definition) is 4. The van der Waals surface area contributed by atoms with E-state index in [0.717, 1.165) is 11.1 Å². The van der Waals surface area contributed by atoms with Crippen molar-refractivity contribution < 1.29 is 13.2 Å². The van der Waals surface area contributed by atoms with E-state index in [0.29, 0.717) is 23.7 Å². The van der Waals surface area contributed by atoms with Crippen LogP contribution in [0.15, 0.2) is 47.4 Å². The van der Waals surface area contributed by atoms with Gasteiger partial charge in [0.05, 0.1) is 11.4 Å². The van der Waals surface area contributed by atoms with Crippen molar-refractivity contribution in [1.82, 2.24) is 9.21 Å². The smallest absolute Gasteiger partial charge is 0.276 e. The van der Waals surface area contributed by atoms with Crippen LogP contribution >= 0.6 is 11.6 Å². The van der Waals surface area contributed by atoms with Crippen LogP contribution in [-0.2, 0) is 14.8 Å². The fourth-order valence-corrected chi connectivity index (χ4v) is 5.35. The Morgan fingerprint density at radius 1 is 1.27 bits per heavy atom. The molecule has 0 aromatic heterocycles. The van der Waals surface area contributed by atoms with Crippen LogP contribution in [0, 0.1) is 17.2 Å². The van der Waals surface area contributed by atoms with E-state index in [9.17, 15) is 18.5 Å². The predicted octanol–water partition coefficient (Wildman–Crippen LogP) is 2.64. The zero-order valence-corrected chi connectivity index (χ0v) is 18.4. The van der Waals surface area contributed by atoms with Gasteiger partial charge in [0.15, 0.2) is 18.3 Å². The Bertz CT molecular complexity index is 1110. The Hall–Kier alpha value is -2.44. The minimum atomic E-state index is -3.53. The fourth-order valence-electron chi connectivity index (χ4n) is 4.33. The van der Waals surface area contributed by atoms with Crippen molar-refractivity contribution in [3.63, 3.8) is 0 Å². The van der Waals surface area contributed by atoms with Gasteiger partial charge in [-0.2, -0.15) is 5.26 Å². The first kappa shape index (κ1) is 22.2. The number of rotatable bonds is 6. The Morgan fingerprint density at radius 2 is 1.90 bits per heavy atom. The van der Waals surface area contributed by atoms with Crippen LogP contribution in [0.25, 0.3) is 11.1 Å². The molecule has 0 bridgehead atoms. The molecular weight excluding hydrogens is 424 g/mol. The van der Waals surface area contributed by atoms with Gasteiger partial charge in [-0.3, -0.25) is 9.28 Å². The van der Waals surface area contributed by atoms with Crippen LogP contribution in [0.5, 0.6) is 0 Å². The normalized spacial score (nSPS) is 23.8. The van der Waals surface area contributed by atoms with Crippen molar-refractivity contribution in [2.45, 2.75) is 24.3 Å². The zero-order chi connectivity index (χ0) is 22.1. The molecule has 2 aromatic rings. The zero-order valence-electron chi connectivity index (χ0n) is 16.8. The molecule has 0 saturated carbocycles. The summed E-state index contributed by atoms with van der Waals surface area (Å²) in [5.74, 6) is -0.237. The van der Waals surface area contributed by atoms with Gasteiger partial charge < -0.3 is 5.73 Å². The number of nitriles is 1. The standard InChI is InChI=1S/C21H23ClN4O3S/c1-14-11-20(21(24)27)26(13-14,10-9-23)19-12-16(5-8-18(19)22)15-3-6-17(7-4-15)30(28,29)25-2/h3-8,12,14,20,25H,10-11,13H2,1-2H3,(H-,24,27)/p+1/t14-,20-,26?/m0/s1. The molecule has 1 aliphatic heterocycles. The number of hydrogen-bond donors (Lipinski definition) is 2. The summed E-state index contributed by atoms with van der Waals surface area (Å²) in [6, 6.07) is 13.6. The number of nitrogens with two attached hydrogens (primary N) is 1. The Balaban J connectivity index is 2.11. The first-order valence-corrected chi connectivity index (χ1v) is 11.4. The molecule has 3 N–H and O–H groups in total. The van der Waals surface area contributed by atoms with Crippen molar-refractivity contribution >= 4 is 33.2 Å². The largest absolute Gasteiger partial charge is 0.364 e. The number of carbonyl (C=O) groups excluding carboxylic acids is 1. The van der Waals surface area contributed by atoms with E-state index in [1.807, 2.05) is 19.1 Å². The highest BCUT2D eigenvalue weighted by Gasteiger charge is 2.51. The lowest BCUT2D eigenvalue weighted by Gasteiger charge is -2.37. The van der Waals surface area contributed by atoms with Crippen LogP contribution < -0.4 is 14.9 Å². The van der Waals surface area contributed by atoms with Crippen molar-refractivity contribution in [3.8, 4) is 17.2 Å². The maximum absolute atomic E-state index is 12.2. The van der Waals surface area contributed by atoms with Gasteiger partial charge in [-0.05, 0) is 36.4 Å². The molecule has 158 valence electrons. The summed E-state index contributed by atoms with van der Waals surface area (Å²) in [6.07, 6.45) is 0.591. The Morgan fingerprint density at radius 3 is 2.47 bits per heavy atom. The summed E-state index contributed by atoms with van der Waals surface area (Å²) < 4.78 is 26.3. The highest BCUT2D eigenvalue weighted by atomic mass is 35.5. The van der Waals surface area contributed by atoms with Crippen molar-refractivity contribution in [1.29, 1.82) is 5.26 Å². The van der Waals surface area contributed by atoms with E-state index >= 15 is 0 Å². The second-order valence-electron chi connectivity index (χ2n) is 7.69. The van der Waals surface area contributed by atoms with E-state index in [4.69, 9.17) is 17.3 Å². The van der Waals surface area contributed by atoms with E-state index in [1.165, 1.54) is 19.2 Å². The molecule has 1 saturated heterocycles. The minimum Gasteiger partial charge on any atom is -0.364 e. The van der Waals surface area contributed by atoms with Crippen molar-refractivity contribution in [3.05, 3.63) is 47.5 Å². The average molecular weight is 448 g/mol. The number of nitrogens with zero attached hydrogens (tertiary/aromatic N) is 2. The molecule has 1 amide bonds. The summed E-state index contributed by atoms with van der Waals surface area (Å²) in [5.41, 5.74) is 7.98. The summed E-state index contributed by atoms with van der Waals surface area (Å²) >= 11 is 6.55. The second-order valence-corrected chi connectivity index (χ2v) is 9.98. The van der Waals surface area contributed by atoms with Gasteiger partial charge in [-0.1, -0.05) is 36.7 Å². The maximum Gasteiger partial charge on any atom is 0.276 e. The highest BCUT2D eigenvalue weighted by Crippen LogP contribution is 2.42. The van der Waals surface area contributed by atoms with Gasteiger partial charge in [0.25, 0.3) is 5.91 Å². The van der Waals surface area contributed by atoms with Gasteiger partial charge >= 0.3 is 0 Å². The second kappa shape index (κ2) is 8.36. The monoisotopic (exact) mass is 447 g/mol. The highest BCUT2D eigenvalue weighted by molar-refractivity contribution is 7.89. The number of nitrogens with one attached hydrogen (secondary N) is 1. The molecule has 3 rings (SSSR count). The van der Waals surface area contributed by atoms with Crippen LogP contribution in [0.4, 0.5) is 5.69 Å². The van der Waals surface area contributed by atoms with E-state index < -0.39 is 22.0 Å². The lowest BCUT2D eigenvalue weighted by Crippen LogP contribution is -2.58. The maximum atomic E-state index is 12.2. The Labute approximate surface area is 181 Å². The van der Waals surface area contributed by atoms with Gasteiger partial charge in [0, 0.05) is 18.4 Å². The molecule has 1 heterocycles. The first-order valence-electron chi connectivity index (χ1n) is 9.51. The van der Waals surface area contributed by atoms with Crippen molar-refractivity contribution in [2.24, 2.45) is 11.7 Å². The number of sulfonamides is 1. The fraction of sp³-hybridized carbons (Fsp3) is 0.333. The number of carbonyl (C=O) groups is 1. The molecule has 0 aliphatic carbocycles. The summed E-state index contributed by atoms with van der Waals surface area (Å²) in [5, 5.41) is 9.98. The van der Waals surface area contributed by atoms with Crippen molar-refractivity contribution in [2.75, 3.05) is 20.1 Å². The summed E-state index contributed by atoms with van der Waals surface area (Å²) in [4.78, 5) is 12.4. The molecule has 1 fully saturated rings. The first-order chi connectivity index (χ1) is 14.1. The number of likely N-dealkylation sites (tertiary alicyclic amines) is 1. The van der Waals surface area contributed by atoms with Crippen LogP contribution in [0.3, 0.4) is 0 Å². The summed E-state index contributed by atoms with van der Waals surface area (Å²) in [6.45, 7) is 2.70. The molecule has 30 heavy (non-hydrogen) atoms. The van der Waals surface area contributed by atoms with E-state index in [2.05, 4.69) is 10.8 Å². The Kier molecular flexibility index (Phi) is 6.20. The van der Waals surface area contributed by atoms with Gasteiger partial charge in [0.2, 0.25) is 10.0 Å². The molecule has 2 aromatic carbocycles. The lowest BCUT2D eigenvalue weighted by atomic mass is 10.0. The minimum absolute atomic E-state index is 0.0838. The molecule has 0 radical (unpaired) electrons.